The fraction of sp³-hybridized carbons (Fsp3) is 0.571. The van der Waals surface area contributed by atoms with Crippen LogP contribution in [-0.4, -0.2) is 35.8 Å². The van der Waals surface area contributed by atoms with Gasteiger partial charge in [0.1, 0.15) is 17.4 Å². The zero-order valence-electron chi connectivity index (χ0n) is 12.4. The van der Waals surface area contributed by atoms with Crippen molar-refractivity contribution in [3.8, 4) is 6.07 Å². The molecule has 0 saturated heterocycles. The van der Waals surface area contributed by atoms with Crippen molar-refractivity contribution < 1.29 is 13.9 Å². The molecule has 0 aromatic carbocycles. The van der Waals surface area contributed by atoms with Crippen LogP contribution in [0.25, 0.3) is 0 Å². The van der Waals surface area contributed by atoms with Crippen LogP contribution in [0.1, 0.15) is 36.9 Å². The first-order valence-electron chi connectivity index (χ1n) is 7.34. The molecule has 7 nitrogen and oxygen atoms in total. The molecular weight excluding hydrogens is 306 g/mol. The van der Waals surface area contributed by atoms with Crippen molar-refractivity contribution in [2.24, 2.45) is 0 Å². The highest BCUT2D eigenvalue weighted by Gasteiger charge is 2.44. The van der Waals surface area contributed by atoms with Crippen molar-refractivity contribution in [1.82, 2.24) is 24.8 Å². The topological polar surface area (TPSA) is 92.5 Å². The van der Waals surface area contributed by atoms with Crippen molar-refractivity contribution in [2.45, 2.75) is 50.3 Å². The third-order valence-corrected chi connectivity index (χ3v) is 4.14. The first kappa shape index (κ1) is 15.6. The van der Waals surface area contributed by atoms with Gasteiger partial charge in [0.05, 0.1) is 31.0 Å². The fourth-order valence-electron chi connectivity index (χ4n) is 2.65. The van der Waals surface area contributed by atoms with E-state index >= 15 is 0 Å². The van der Waals surface area contributed by atoms with Crippen molar-refractivity contribution in [1.29, 1.82) is 5.26 Å². The van der Waals surface area contributed by atoms with Gasteiger partial charge in [-0.2, -0.15) is 10.4 Å². The predicted octanol–water partition coefficient (Wildman–Crippen LogP) is 1.44. The van der Waals surface area contributed by atoms with Gasteiger partial charge < -0.3 is 5.11 Å². The number of nitrogens with zero attached hydrogens (tertiary/aromatic N) is 6. The van der Waals surface area contributed by atoms with E-state index in [2.05, 4.69) is 15.4 Å². The summed E-state index contributed by atoms with van der Waals surface area (Å²) in [6.07, 6.45) is 3.93. The second kappa shape index (κ2) is 5.70. The monoisotopic (exact) mass is 322 g/mol. The van der Waals surface area contributed by atoms with Crippen LogP contribution in [0.4, 0.5) is 8.78 Å². The number of rotatable bonds is 4. The van der Waals surface area contributed by atoms with E-state index in [-0.39, 0.29) is 25.7 Å². The maximum absolute atomic E-state index is 13.2. The lowest BCUT2D eigenvalue weighted by atomic mass is 9.81. The van der Waals surface area contributed by atoms with E-state index in [0.29, 0.717) is 24.3 Å². The normalized spacial score (nSPS) is 19.4. The molecule has 0 amide bonds. The standard InChI is InChI=1S/C14H16F2N6O/c15-14(16)3-1-13(23,2-4-14)12-10-22(20-19-12)6-5-21-9-11(7-17)8-18-21/h8-10,23H,1-6H2. The number of aromatic nitrogens is 5. The lowest BCUT2D eigenvalue weighted by molar-refractivity contribution is -0.108. The highest BCUT2D eigenvalue weighted by molar-refractivity contribution is 5.21. The molecule has 122 valence electrons. The third kappa shape index (κ3) is 3.37. The molecule has 0 aliphatic heterocycles. The fourth-order valence-corrected chi connectivity index (χ4v) is 2.65. The van der Waals surface area contributed by atoms with Gasteiger partial charge in [-0.25, -0.2) is 8.78 Å². The van der Waals surface area contributed by atoms with Gasteiger partial charge in [-0.1, -0.05) is 5.21 Å². The van der Waals surface area contributed by atoms with Gasteiger partial charge in [-0.3, -0.25) is 9.36 Å². The Morgan fingerprint density at radius 3 is 2.52 bits per heavy atom. The Bertz CT molecular complexity index is 722. The molecule has 3 rings (SSSR count). The largest absolute Gasteiger partial charge is 0.383 e. The van der Waals surface area contributed by atoms with Crippen LogP contribution in [-0.2, 0) is 18.7 Å². The highest BCUT2D eigenvalue weighted by Crippen LogP contribution is 2.42. The van der Waals surface area contributed by atoms with Gasteiger partial charge in [0.15, 0.2) is 0 Å². The lowest BCUT2D eigenvalue weighted by Crippen LogP contribution is -2.36. The number of nitriles is 1. The van der Waals surface area contributed by atoms with Crippen molar-refractivity contribution >= 4 is 0 Å². The lowest BCUT2D eigenvalue weighted by Gasteiger charge is -2.34. The Labute approximate surface area is 131 Å². The quantitative estimate of drug-likeness (QED) is 0.919. The number of halogens is 2. The number of hydrogen-bond acceptors (Lipinski definition) is 5. The van der Waals surface area contributed by atoms with E-state index in [1.165, 1.54) is 10.9 Å². The van der Waals surface area contributed by atoms with Crippen LogP contribution < -0.4 is 0 Å². The van der Waals surface area contributed by atoms with Crippen LogP contribution in [0.15, 0.2) is 18.6 Å². The minimum atomic E-state index is -2.71. The minimum Gasteiger partial charge on any atom is -0.383 e. The smallest absolute Gasteiger partial charge is 0.248 e. The van der Waals surface area contributed by atoms with Crippen LogP contribution in [0.2, 0.25) is 0 Å². The maximum Gasteiger partial charge on any atom is 0.248 e. The van der Waals surface area contributed by atoms with Gasteiger partial charge in [0, 0.05) is 19.0 Å². The Hall–Kier alpha value is -2.34. The van der Waals surface area contributed by atoms with E-state index < -0.39 is 11.5 Å². The number of aliphatic hydroxyl groups is 1. The first-order chi connectivity index (χ1) is 10.9. The highest BCUT2D eigenvalue weighted by atomic mass is 19.3. The summed E-state index contributed by atoms with van der Waals surface area (Å²) in [4.78, 5) is 0. The van der Waals surface area contributed by atoms with Crippen molar-refractivity contribution in [2.75, 3.05) is 0 Å². The molecule has 9 heteroatoms. The van der Waals surface area contributed by atoms with Crippen LogP contribution in [0.3, 0.4) is 0 Å². The van der Waals surface area contributed by atoms with Crippen LogP contribution in [0, 0.1) is 11.3 Å². The Morgan fingerprint density at radius 1 is 1.17 bits per heavy atom. The molecule has 1 aliphatic rings. The van der Waals surface area contributed by atoms with Crippen molar-refractivity contribution in [3.05, 3.63) is 29.8 Å². The average Bonchev–Trinajstić information content (AvgIpc) is 3.17. The third-order valence-electron chi connectivity index (χ3n) is 4.14. The Balaban J connectivity index is 1.63. The molecule has 1 aliphatic carbocycles. The van der Waals surface area contributed by atoms with Gasteiger partial charge in [0.2, 0.25) is 5.92 Å². The second-order valence-corrected chi connectivity index (χ2v) is 5.86. The second-order valence-electron chi connectivity index (χ2n) is 5.86. The van der Waals surface area contributed by atoms with E-state index in [9.17, 15) is 13.9 Å². The summed E-state index contributed by atoms with van der Waals surface area (Å²) in [6.45, 7) is 0.937. The summed E-state index contributed by atoms with van der Waals surface area (Å²) in [7, 11) is 0. The van der Waals surface area contributed by atoms with Crippen LogP contribution in [0.5, 0.6) is 0 Å². The summed E-state index contributed by atoms with van der Waals surface area (Å²) >= 11 is 0. The molecule has 1 fully saturated rings. The number of aryl methyl sites for hydroxylation is 2. The molecule has 0 spiro atoms. The summed E-state index contributed by atoms with van der Waals surface area (Å²) in [6, 6.07) is 1.99. The zero-order valence-corrected chi connectivity index (χ0v) is 12.4. The molecule has 1 N–H and O–H groups in total. The van der Waals surface area contributed by atoms with E-state index in [0.717, 1.165) is 0 Å². The average molecular weight is 322 g/mol. The Kier molecular flexibility index (Phi) is 3.85. The molecule has 2 aromatic rings. The summed E-state index contributed by atoms with van der Waals surface area (Å²) in [5.41, 5.74) is -0.535. The predicted molar refractivity (Wildman–Crippen MR) is 74.3 cm³/mol. The molecule has 0 unspecified atom stereocenters. The SMILES string of the molecule is N#Cc1cnn(CCn2cc(C3(O)CCC(F)(F)CC3)nn2)c1. The number of alkyl halides is 2. The summed E-state index contributed by atoms with van der Waals surface area (Å²) < 4.78 is 29.6. The van der Waals surface area contributed by atoms with E-state index in [1.54, 1.807) is 17.1 Å². The molecule has 0 bridgehead atoms. The van der Waals surface area contributed by atoms with Gasteiger partial charge >= 0.3 is 0 Å². The molecule has 2 aromatic heterocycles. The van der Waals surface area contributed by atoms with Gasteiger partial charge in [0.25, 0.3) is 0 Å². The molecule has 1 saturated carbocycles. The molecule has 2 heterocycles. The van der Waals surface area contributed by atoms with Crippen LogP contribution >= 0.6 is 0 Å². The van der Waals surface area contributed by atoms with Crippen molar-refractivity contribution in [3.63, 3.8) is 0 Å². The molecular formula is C14H16F2N6O. The minimum absolute atomic E-state index is 0.0244. The Morgan fingerprint density at radius 2 is 1.87 bits per heavy atom. The molecule has 23 heavy (non-hydrogen) atoms. The summed E-state index contributed by atoms with van der Waals surface area (Å²) in [5.74, 6) is -2.71. The van der Waals surface area contributed by atoms with E-state index in [4.69, 9.17) is 5.26 Å². The van der Waals surface area contributed by atoms with Gasteiger partial charge in [-0.05, 0) is 12.8 Å². The molecule has 0 atom stereocenters. The van der Waals surface area contributed by atoms with E-state index in [1.807, 2.05) is 6.07 Å². The maximum atomic E-state index is 13.2. The zero-order chi connectivity index (χ0) is 16.5. The number of hydrogen-bond donors (Lipinski definition) is 1. The first-order valence-corrected chi connectivity index (χ1v) is 7.34. The summed E-state index contributed by atoms with van der Waals surface area (Å²) in [5, 5.41) is 31.1. The van der Waals surface area contributed by atoms with Gasteiger partial charge in [-0.15, -0.1) is 5.10 Å². The molecule has 0 radical (unpaired) electrons.